The van der Waals surface area contributed by atoms with Crippen LogP contribution in [0.1, 0.15) is 42.4 Å². The van der Waals surface area contributed by atoms with Crippen molar-refractivity contribution in [3.05, 3.63) is 75.8 Å². The van der Waals surface area contributed by atoms with Crippen molar-refractivity contribution < 1.29 is 4.79 Å². The summed E-state index contributed by atoms with van der Waals surface area (Å²) in [7, 11) is 0. The van der Waals surface area contributed by atoms with Crippen molar-refractivity contribution in [2.24, 2.45) is 0 Å². The number of pyridine rings is 1. The largest absolute Gasteiger partial charge is 0.379 e. The highest BCUT2D eigenvalue weighted by atomic mass is 16.2. The number of carbonyl (C=O) groups excluding carboxylic acids is 1. The number of hydrogen-bond acceptors (Lipinski definition) is 4. The summed E-state index contributed by atoms with van der Waals surface area (Å²) in [6.45, 7) is 8.10. The Hall–Kier alpha value is -3.15. The first-order chi connectivity index (χ1) is 12.7. The fourth-order valence-corrected chi connectivity index (χ4v) is 2.78. The maximum atomic E-state index is 12.5. The molecule has 3 rings (SSSR count). The van der Waals surface area contributed by atoms with Gasteiger partial charge in [-0.05, 0) is 51.5 Å². The second-order valence-corrected chi connectivity index (χ2v) is 7.62. The van der Waals surface area contributed by atoms with E-state index in [2.05, 4.69) is 15.6 Å². The predicted octanol–water partition coefficient (Wildman–Crippen LogP) is 3.14. The zero-order valence-electron chi connectivity index (χ0n) is 16.0. The quantitative estimate of drug-likeness (QED) is 0.746. The molecule has 2 aromatic heterocycles. The van der Waals surface area contributed by atoms with Gasteiger partial charge in [0.15, 0.2) is 0 Å². The number of rotatable bonds is 4. The van der Waals surface area contributed by atoms with E-state index in [4.69, 9.17) is 0 Å². The molecule has 27 heavy (non-hydrogen) atoms. The lowest BCUT2D eigenvalue weighted by molar-refractivity contribution is 0.0920. The maximum Gasteiger partial charge on any atom is 0.258 e. The highest BCUT2D eigenvalue weighted by molar-refractivity contribution is 5.99. The first kappa shape index (κ1) is 18.6. The van der Waals surface area contributed by atoms with Crippen LogP contribution in [-0.2, 0) is 6.54 Å². The van der Waals surface area contributed by atoms with Crippen LogP contribution in [0.2, 0.25) is 0 Å². The SMILES string of the molecule is Cc1ccc2nc(CNc3ccccc3C(=O)NC(C)(C)C)cc(=O)n2c1. The molecule has 2 N–H and O–H groups in total. The Morgan fingerprint density at radius 3 is 2.63 bits per heavy atom. The van der Waals surface area contributed by atoms with Gasteiger partial charge in [0.1, 0.15) is 5.65 Å². The molecule has 0 aliphatic carbocycles. The van der Waals surface area contributed by atoms with Crippen molar-refractivity contribution in [3.8, 4) is 0 Å². The summed E-state index contributed by atoms with van der Waals surface area (Å²) >= 11 is 0. The van der Waals surface area contributed by atoms with Crippen molar-refractivity contribution in [2.75, 3.05) is 5.32 Å². The van der Waals surface area contributed by atoms with Crippen molar-refractivity contribution in [2.45, 2.75) is 39.8 Å². The molecule has 0 spiro atoms. The van der Waals surface area contributed by atoms with Gasteiger partial charge >= 0.3 is 0 Å². The number of anilines is 1. The van der Waals surface area contributed by atoms with Gasteiger partial charge in [-0.15, -0.1) is 0 Å². The Morgan fingerprint density at radius 1 is 1.15 bits per heavy atom. The van der Waals surface area contributed by atoms with Gasteiger partial charge < -0.3 is 10.6 Å². The second kappa shape index (κ2) is 7.23. The predicted molar refractivity (Wildman–Crippen MR) is 107 cm³/mol. The highest BCUT2D eigenvalue weighted by Gasteiger charge is 2.17. The minimum atomic E-state index is -0.323. The zero-order valence-corrected chi connectivity index (χ0v) is 16.0. The van der Waals surface area contributed by atoms with E-state index in [0.717, 1.165) is 5.56 Å². The fourth-order valence-electron chi connectivity index (χ4n) is 2.78. The van der Waals surface area contributed by atoms with Crippen molar-refractivity contribution in [3.63, 3.8) is 0 Å². The van der Waals surface area contributed by atoms with Gasteiger partial charge in [-0.3, -0.25) is 14.0 Å². The summed E-state index contributed by atoms with van der Waals surface area (Å²) in [5, 5.41) is 6.19. The monoisotopic (exact) mass is 364 g/mol. The van der Waals surface area contributed by atoms with E-state index in [1.807, 2.05) is 58.0 Å². The fraction of sp³-hybridized carbons (Fsp3) is 0.286. The number of nitrogens with zero attached hydrogens (tertiary/aromatic N) is 2. The Balaban J connectivity index is 1.83. The van der Waals surface area contributed by atoms with Crippen LogP contribution in [0.4, 0.5) is 5.69 Å². The summed E-state index contributed by atoms with van der Waals surface area (Å²) in [4.78, 5) is 29.4. The zero-order chi connectivity index (χ0) is 19.6. The third kappa shape index (κ3) is 4.53. The van der Waals surface area contributed by atoms with Gasteiger partial charge in [0, 0.05) is 23.5 Å². The maximum absolute atomic E-state index is 12.5. The number of nitrogens with one attached hydrogen (secondary N) is 2. The first-order valence-electron chi connectivity index (χ1n) is 8.87. The van der Waals surface area contributed by atoms with Gasteiger partial charge in [-0.1, -0.05) is 18.2 Å². The highest BCUT2D eigenvalue weighted by Crippen LogP contribution is 2.17. The molecule has 0 bridgehead atoms. The average Bonchev–Trinajstić information content (AvgIpc) is 2.59. The first-order valence-corrected chi connectivity index (χ1v) is 8.87. The van der Waals surface area contributed by atoms with Gasteiger partial charge in [-0.2, -0.15) is 0 Å². The normalized spacial score (nSPS) is 11.4. The molecule has 0 atom stereocenters. The molecule has 1 aromatic carbocycles. The smallest absolute Gasteiger partial charge is 0.258 e. The standard InChI is InChI=1S/C21H24N4O2/c1-14-9-10-18-23-15(11-19(26)25(18)13-14)12-22-17-8-6-5-7-16(17)20(27)24-21(2,3)4/h5-11,13,22H,12H2,1-4H3,(H,24,27). The van der Waals surface area contributed by atoms with E-state index in [0.29, 0.717) is 29.1 Å². The summed E-state index contributed by atoms with van der Waals surface area (Å²) in [6, 6.07) is 12.6. The Kier molecular flexibility index (Phi) is 4.99. The number of aryl methyl sites for hydroxylation is 1. The molecule has 0 aliphatic rings. The average molecular weight is 364 g/mol. The van der Waals surface area contributed by atoms with E-state index < -0.39 is 0 Å². The summed E-state index contributed by atoms with van der Waals surface area (Å²) in [6.07, 6.45) is 1.77. The van der Waals surface area contributed by atoms with Gasteiger partial charge in [-0.25, -0.2) is 4.98 Å². The van der Waals surface area contributed by atoms with E-state index in [9.17, 15) is 9.59 Å². The molecule has 0 saturated heterocycles. The number of carbonyl (C=O) groups is 1. The number of benzene rings is 1. The van der Waals surface area contributed by atoms with E-state index >= 15 is 0 Å². The van der Waals surface area contributed by atoms with Crippen molar-refractivity contribution >= 4 is 17.2 Å². The molecule has 6 heteroatoms. The number of amides is 1. The molecule has 0 radical (unpaired) electrons. The van der Waals surface area contributed by atoms with E-state index in [1.54, 1.807) is 12.3 Å². The molecule has 0 unspecified atom stereocenters. The van der Waals surface area contributed by atoms with Gasteiger partial charge in [0.2, 0.25) is 0 Å². The number of hydrogen-bond donors (Lipinski definition) is 2. The summed E-state index contributed by atoms with van der Waals surface area (Å²) < 4.78 is 1.53. The molecular formula is C21H24N4O2. The van der Waals surface area contributed by atoms with Crippen molar-refractivity contribution in [1.82, 2.24) is 14.7 Å². The summed E-state index contributed by atoms with van der Waals surface area (Å²) in [5.74, 6) is -0.146. The lowest BCUT2D eigenvalue weighted by atomic mass is 10.1. The minimum absolute atomic E-state index is 0.126. The second-order valence-electron chi connectivity index (χ2n) is 7.62. The number of para-hydroxylation sites is 1. The molecule has 0 fully saturated rings. The van der Waals surface area contributed by atoms with Crippen LogP contribution in [0, 0.1) is 6.92 Å². The topological polar surface area (TPSA) is 75.5 Å². The molecule has 0 saturated carbocycles. The lowest BCUT2D eigenvalue weighted by Crippen LogP contribution is -2.40. The molecule has 2 heterocycles. The van der Waals surface area contributed by atoms with Crippen LogP contribution in [0.25, 0.3) is 5.65 Å². The van der Waals surface area contributed by atoms with Crippen LogP contribution in [0.5, 0.6) is 0 Å². The molecule has 140 valence electrons. The van der Waals surface area contributed by atoms with E-state index in [-0.39, 0.29) is 17.0 Å². The van der Waals surface area contributed by atoms with Crippen LogP contribution < -0.4 is 16.2 Å². The van der Waals surface area contributed by atoms with Crippen LogP contribution in [-0.4, -0.2) is 20.8 Å². The van der Waals surface area contributed by atoms with Crippen LogP contribution in [0.15, 0.2) is 53.5 Å². The lowest BCUT2D eigenvalue weighted by Gasteiger charge is -2.21. The number of aromatic nitrogens is 2. The Labute approximate surface area is 158 Å². The molecular weight excluding hydrogens is 340 g/mol. The Bertz CT molecular complexity index is 1050. The molecule has 6 nitrogen and oxygen atoms in total. The molecule has 3 aromatic rings. The number of fused-ring (bicyclic) bond motifs is 1. The van der Waals surface area contributed by atoms with Gasteiger partial charge in [0.25, 0.3) is 11.5 Å². The third-order valence-electron chi connectivity index (χ3n) is 3.98. The van der Waals surface area contributed by atoms with Crippen LogP contribution in [0.3, 0.4) is 0 Å². The summed E-state index contributed by atoms with van der Waals surface area (Å²) in [5.41, 5.74) is 3.02. The van der Waals surface area contributed by atoms with Gasteiger partial charge in [0.05, 0.1) is 17.8 Å². The van der Waals surface area contributed by atoms with Crippen molar-refractivity contribution in [1.29, 1.82) is 0 Å². The van der Waals surface area contributed by atoms with E-state index in [1.165, 1.54) is 10.5 Å². The molecule has 0 aliphatic heterocycles. The Morgan fingerprint density at radius 2 is 1.89 bits per heavy atom. The minimum Gasteiger partial charge on any atom is -0.379 e. The van der Waals surface area contributed by atoms with Crippen LogP contribution >= 0.6 is 0 Å². The molecule has 1 amide bonds. The third-order valence-corrected chi connectivity index (χ3v) is 3.98.